The Morgan fingerprint density at radius 1 is 1.86 bits per heavy atom. The third-order valence-electron chi connectivity index (χ3n) is 0.415. The second-order valence-electron chi connectivity index (χ2n) is 1.11. The molecular formula is C5H7NS. The van der Waals surface area contributed by atoms with Crippen LogP contribution >= 0.6 is 12.2 Å². The molecular weight excluding hydrogens is 106 g/mol. The zero-order chi connectivity index (χ0) is 5.70. The van der Waals surface area contributed by atoms with Crippen molar-refractivity contribution in [3.05, 3.63) is 12.3 Å². The summed E-state index contributed by atoms with van der Waals surface area (Å²) in [7, 11) is 0. The molecule has 0 heterocycles. The van der Waals surface area contributed by atoms with Gasteiger partial charge in [0, 0.05) is 11.1 Å². The zero-order valence-corrected chi connectivity index (χ0v) is 5.03. The quantitative estimate of drug-likeness (QED) is 0.301. The minimum Gasteiger partial charge on any atom is -0.272 e. The van der Waals surface area contributed by atoms with Crippen LogP contribution in [0, 0.1) is 0 Å². The average Bonchev–Trinajstić information content (AvgIpc) is 1.61. The average molecular weight is 113 g/mol. The molecule has 1 nitrogen and oxygen atoms in total. The van der Waals surface area contributed by atoms with Crippen molar-refractivity contribution in [3.8, 4) is 0 Å². The molecule has 0 spiro atoms. The Morgan fingerprint density at radius 3 is 2.57 bits per heavy atom. The van der Waals surface area contributed by atoms with Crippen LogP contribution < -0.4 is 0 Å². The summed E-state index contributed by atoms with van der Waals surface area (Å²) in [4.78, 5) is 4.28. The summed E-state index contributed by atoms with van der Waals surface area (Å²) in [5.41, 5.74) is 0. The molecule has 0 aliphatic heterocycles. The van der Waals surface area contributed by atoms with E-state index in [9.17, 15) is 0 Å². The maximum atomic E-state index is 4.69. The summed E-state index contributed by atoms with van der Waals surface area (Å²) in [5, 5.41) is 0. The summed E-state index contributed by atoms with van der Waals surface area (Å²) in [6.07, 6.45) is 3.30. The van der Waals surface area contributed by atoms with Gasteiger partial charge < -0.3 is 0 Å². The molecule has 0 aliphatic rings. The van der Waals surface area contributed by atoms with E-state index >= 15 is 0 Å². The van der Waals surface area contributed by atoms with E-state index in [1.165, 1.54) is 0 Å². The highest BCUT2D eigenvalue weighted by atomic mass is 32.1. The molecule has 0 aliphatic carbocycles. The minimum absolute atomic E-state index is 0.826. The lowest BCUT2D eigenvalue weighted by Crippen LogP contribution is -1.71. The molecule has 2 heteroatoms. The van der Waals surface area contributed by atoms with Crippen molar-refractivity contribution in [2.24, 2.45) is 4.99 Å². The summed E-state index contributed by atoms with van der Waals surface area (Å²) in [5.74, 6) is 0. The number of allylic oxidation sites excluding steroid dienone is 1. The van der Waals surface area contributed by atoms with Gasteiger partial charge in [-0.2, -0.15) is 0 Å². The van der Waals surface area contributed by atoms with Crippen molar-refractivity contribution in [2.45, 2.75) is 6.92 Å². The van der Waals surface area contributed by atoms with Crippen molar-refractivity contribution in [3.63, 3.8) is 0 Å². The van der Waals surface area contributed by atoms with Gasteiger partial charge in [0.15, 0.2) is 0 Å². The summed E-state index contributed by atoms with van der Waals surface area (Å²) < 4.78 is 0. The molecule has 0 atom stereocenters. The molecule has 0 rings (SSSR count). The Labute approximate surface area is 48.8 Å². The smallest absolute Gasteiger partial charge is 0.0271 e. The van der Waals surface area contributed by atoms with Gasteiger partial charge in [0.2, 0.25) is 0 Å². The van der Waals surface area contributed by atoms with E-state index in [2.05, 4.69) is 23.9 Å². The van der Waals surface area contributed by atoms with Crippen molar-refractivity contribution in [1.29, 1.82) is 0 Å². The van der Waals surface area contributed by atoms with Crippen LogP contribution in [0.25, 0.3) is 0 Å². The van der Waals surface area contributed by atoms with Crippen LogP contribution in [-0.4, -0.2) is 11.6 Å². The number of aliphatic imine (C=N–C) groups is 1. The molecule has 38 valence electrons. The SMILES string of the molecule is C=N/C=C\C(C)=S. The van der Waals surface area contributed by atoms with Gasteiger partial charge in [-0.1, -0.05) is 12.2 Å². The predicted octanol–water partition coefficient (Wildman–Crippen LogP) is 1.59. The highest BCUT2D eigenvalue weighted by Gasteiger charge is 1.69. The first-order valence-corrected chi connectivity index (χ1v) is 2.31. The summed E-state index contributed by atoms with van der Waals surface area (Å²) in [6.45, 7) is 5.07. The van der Waals surface area contributed by atoms with Crippen molar-refractivity contribution in [2.75, 3.05) is 0 Å². The Kier molecular flexibility index (Phi) is 3.42. The van der Waals surface area contributed by atoms with Crippen LogP contribution in [0.3, 0.4) is 0 Å². The lowest BCUT2D eigenvalue weighted by Gasteiger charge is -1.74. The maximum absolute atomic E-state index is 4.69. The van der Waals surface area contributed by atoms with E-state index in [0.29, 0.717) is 0 Å². The van der Waals surface area contributed by atoms with E-state index in [4.69, 9.17) is 0 Å². The maximum Gasteiger partial charge on any atom is 0.0271 e. The van der Waals surface area contributed by atoms with Gasteiger partial charge in [0.05, 0.1) is 0 Å². The minimum atomic E-state index is 0.826. The Bertz CT molecular complexity index is 105. The lowest BCUT2D eigenvalue weighted by molar-refractivity contribution is 1.63. The molecule has 0 aromatic rings. The third-order valence-corrected chi connectivity index (χ3v) is 0.551. The topological polar surface area (TPSA) is 12.4 Å². The van der Waals surface area contributed by atoms with Gasteiger partial charge in [0.25, 0.3) is 0 Å². The highest BCUT2D eigenvalue weighted by Crippen LogP contribution is 1.77. The Balaban J connectivity index is 3.46. The number of hydrogen-bond donors (Lipinski definition) is 0. The van der Waals surface area contributed by atoms with Crippen LogP contribution in [0.5, 0.6) is 0 Å². The first-order valence-electron chi connectivity index (χ1n) is 1.90. The number of nitrogens with zero attached hydrogens (tertiary/aromatic N) is 1. The van der Waals surface area contributed by atoms with Crippen LogP contribution in [-0.2, 0) is 0 Å². The van der Waals surface area contributed by atoms with Crippen LogP contribution in [0.4, 0.5) is 0 Å². The van der Waals surface area contributed by atoms with Crippen LogP contribution in [0.15, 0.2) is 17.3 Å². The molecule has 0 saturated heterocycles. The standard InChI is InChI=1S/C5H7NS/c1-5(7)3-4-6-2/h3-4H,2H2,1H3/b4-3-. The molecule has 0 bridgehead atoms. The van der Waals surface area contributed by atoms with E-state index in [1.807, 2.05) is 6.92 Å². The van der Waals surface area contributed by atoms with Crippen LogP contribution in [0.2, 0.25) is 0 Å². The molecule has 0 aromatic carbocycles. The monoisotopic (exact) mass is 113 g/mol. The second kappa shape index (κ2) is 3.68. The fraction of sp³-hybridized carbons (Fsp3) is 0.200. The van der Waals surface area contributed by atoms with E-state index in [-0.39, 0.29) is 0 Å². The van der Waals surface area contributed by atoms with Gasteiger partial charge in [0.1, 0.15) is 0 Å². The van der Waals surface area contributed by atoms with E-state index in [0.717, 1.165) is 4.86 Å². The molecule has 0 unspecified atom stereocenters. The fourth-order valence-electron chi connectivity index (χ4n) is 0.158. The molecule has 0 aromatic heterocycles. The van der Waals surface area contributed by atoms with Crippen LogP contribution in [0.1, 0.15) is 6.92 Å². The molecule has 0 N–H and O–H groups in total. The second-order valence-corrected chi connectivity index (χ2v) is 1.75. The predicted molar refractivity (Wildman–Crippen MR) is 37.0 cm³/mol. The van der Waals surface area contributed by atoms with Gasteiger partial charge in [-0.3, -0.25) is 4.99 Å². The lowest BCUT2D eigenvalue weighted by atomic mass is 10.5. The summed E-state index contributed by atoms with van der Waals surface area (Å²) >= 11 is 4.69. The first kappa shape index (κ1) is 6.50. The van der Waals surface area contributed by atoms with E-state index in [1.54, 1.807) is 12.3 Å². The number of hydrogen-bond acceptors (Lipinski definition) is 2. The van der Waals surface area contributed by atoms with Gasteiger partial charge in [-0.05, 0) is 19.7 Å². The molecule has 0 amide bonds. The molecule has 0 fully saturated rings. The van der Waals surface area contributed by atoms with Crippen molar-refractivity contribution < 1.29 is 0 Å². The van der Waals surface area contributed by atoms with Gasteiger partial charge in [-0.15, -0.1) is 0 Å². The molecule has 0 saturated carbocycles. The van der Waals surface area contributed by atoms with Gasteiger partial charge in [-0.25, -0.2) is 0 Å². The number of thiocarbonyl (C=S) groups is 1. The molecule has 0 radical (unpaired) electrons. The van der Waals surface area contributed by atoms with E-state index < -0.39 is 0 Å². The fourth-order valence-corrected chi connectivity index (χ4v) is 0.219. The Morgan fingerprint density at radius 2 is 2.43 bits per heavy atom. The normalized spacial score (nSPS) is 9.29. The van der Waals surface area contributed by atoms with Crippen molar-refractivity contribution in [1.82, 2.24) is 0 Å². The first-order chi connectivity index (χ1) is 3.27. The number of rotatable bonds is 2. The molecule has 7 heavy (non-hydrogen) atoms. The van der Waals surface area contributed by atoms with Gasteiger partial charge >= 0.3 is 0 Å². The largest absolute Gasteiger partial charge is 0.272 e. The van der Waals surface area contributed by atoms with Crippen molar-refractivity contribution >= 4 is 23.8 Å². The summed E-state index contributed by atoms with van der Waals surface area (Å²) in [6, 6.07) is 0. The highest BCUT2D eigenvalue weighted by molar-refractivity contribution is 7.80. The Hall–Kier alpha value is -0.500. The third kappa shape index (κ3) is 5.50. The zero-order valence-electron chi connectivity index (χ0n) is 4.22.